The average Bonchev–Trinajstić information content (AvgIpc) is 2.90. The van der Waals surface area contributed by atoms with Gasteiger partial charge in [0.2, 0.25) is 5.55 Å². The number of aryl methyl sites for hydroxylation is 2. The minimum Gasteiger partial charge on any atom is -0.454 e. The van der Waals surface area contributed by atoms with Crippen LogP contribution >= 0.6 is 0 Å². The van der Waals surface area contributed by atoms with Crippen LogP contribution in [0.15, 0.2) is 51.4 Å². The maximum Gasteiger partial charge on any atom is 0.212 e. The lowest BCUT2D eigenvalue weighted by Gasteiger charge is -2.14. The van der Waals surface area contributed by atoms with Crippen LogP contribution in [0.5, 0.6) is 0 Å². The topological polar surface area (TPSA) is 55.1 Å². The van der Waals surface area contributed by atoms with Crippen molar-refractivity contribution in [3.8, 4) is 0 Å². The highest BCUT2D eigenvalue weighted by Gasteiger charge is 2.16. The molecule has 3 heterocycles. The molecule has 5 aromatic rings. The van der Waals surface area contributed by atoms with E-state index in [1.165, 1.54) is 16.3 Å². The van der Waals surface area contributed by atoms with Crippen molar-refractivity contribution in [1.82, 2.24) is 4.57 Å². The van der Waals surface area contributed by atoms with E-state index in [2.05, 4.69) is 25.1 Å². The van der Waals surface area contributed by atoms with Gasteiger partial charge in [-0.15, -0.1) is 0 Å². The number of pyridine rings is 1. The fourth-order valence-electron chi connectivity index (χ4n) is 3.55. The summed E-state index contributed by atoms with van der Waals surface area (Å²) in [5, 5.41) is 12.1. The third-order valence-electron chi connectivity index (χ3n) is 4.55. The second-order valence-corrected chi connectivity index (χ2v) is 6.02. The van der Waals surface area contributed by atoms with Gasteiger partial charge in [-0.1, -0.05) is 24.3 Å². The molecule has 23 heavy (non-hydrogen) atoms. The molecule has 4 heteroatoms. The molecule has 0 radical (unpaired) electrons. The van der Waals surface area contributed by atoms with Crippen LogP contribution in [0.4, 0.5) is 0 Å². The maximum atomic E-state index is 7.78. The Hall–Kier alpha value is -3.01. The van der Waals surface area contributed by atoms with E-state index in [1.807, 2.05) is 29.9 Å². The van der Waals surface area contributed by atoms with Gasteiger partial charge in [0.15, 0.2) is 11.2 Å². The number of nitrogens with one attached hydrogen (secondary N) is 1. The molecule has 0 atom stereocenters. The van der Waals surface area contributed by atoms with Gasteiger partial charge in [0, 0.05) is 30.1 Å². The largest absolute Gasteiger partial charge is 0.454 e. The van der Waals surface area contributed by atoms with Crippen molar-refractivity contribution < 1.29 is 8.83 Å². The van der Waals surface area contributed by atoms with Crippen LogP contribution in [0.3, 0.4) is 0 Å². The number of furan rings is 1. The van der Waals surface area contributed by atoms with Crippen molar-refractivity contribution >= 4 is 43.8 Å². The zero-order valence-corrected chi connectivity index (χ0v) is 12.8. The monoisotopic (exact) mass is 302 g/mol. The highest BCUT2D eigenvalue weighted by Crippen LogP contribution is 2.37. The third kappa shape index (κ3) is 1.52. The quantitative estimate of drug-likeness (QED) is 0.335. The molecule has 0 saturated carbocycles. The summed E-state index contributed by atoms with van der Waals surface area (Å²) in [5.74, 6) is 0. The Labute approximate surface area is 131 Å². The van der Waals surface area contributed by atoms with E-state index in [0.29, 0.717) is 5.58 Å². The van der Waals surface area contributed by atoms with E-state index in [1.54, 1.807) is 6.07 Å². The molecule has 0 aliphatic rings. The molecule has 0 amide bonds. The number of rotatable bonds is 0. The van der Waals surface area contributed by atoms with Gasteiger partial charge < -0.3 is 13.4 Å². The van der Waals surface area contributed by atoms with Crippen LogP contribution in [0, 0.1) is 12.3 Å². The van der Waals surface area contributed by atoms with E-state index in [-0.39, 0.29) is 5.55 Å². The van der Waals surface area contributed by atoms with E-state index in [0.717, 1.165) is 27.5 Å². The fraction of sp³-hybridized carbons (Fsp3) is 0.105. The van der Waals surface area contributed by atoms with Crippen molar-refractivity contribution in [2.75, 3.05) is 0 Å². The number of benzene rings is 2. The molecule has 112 valence electrons. The molecular formula is C19H14N2O2. The molecule has 2 aromatic carbocycles. The Bertz CT molecular complexity index is 1300. The van der Waals surface area contributed by atoms with Crippen molar-refractivity contribution in [2.24, 2.45) is 7.05 Å². The van der Waals surface area contributed by atoms with Crippen LogP contribution in [0.25, 0.3) is 43.8 Å². The predicted octanol–water partition coefficient (Wildman–Crippen LogP) is 4.61. The average molecular weight is 302 g/mol. The lowest BCUT2D eigenvalue weighted by atomic mass is 9.99. The Kier molecular flexibility index (Phi) is 2.20. The fourth-order valence-corrected chi connectivity index (χ4v) is 3.55. The summed E-state index contributed by atoms with van der Waals surface area (Å²) in [6.07, 6.45) is 1.92. The zero-order chi connectivity index (χ0) is 15.7. The highest BCUT2D eigenvalue weighted by molar-refractivity contribution is 6.20. The van der Waals surface area contributed by atoms with Crippen LogP contribution in [-0.4, -0.2) is 4.57 Å². The number of fused-ring (bicyclic) bond motifs is 4. The molecule has 0 saturated heterocycles. The molecule has 3 aromatic heterocycles. The number of nitrogens with zero attached hydrogens (tertiary/aromatic N) is 1. The number of hydrogen-bond acceptors (Lipinski definition) is 3. The molecule has 0 fully saturated rings. The molecule has 4 nitrogen and oxygen atoms in total. The van der Waals surface area contributed by atoms with Gasteiger partial charge in [-0.2, -0.15) is 0 Å². The van der Waals surface area contributed by atoms with Crippen LogP contribution in [0.2, 0.25) is 0 Å². The van der Waals surface area contributed by atoms with Gasteiger partial charge >= 0.3 is 0 Å². The lowest BCUT2D eigenvalue weighted by molar-refractivity contribution is 0.543. The zero-order valence-electron chi connectivity index (χ0n) is 12.8. The van der Waals surface area contributed by atoms with Crippen molar-refractivity contribution in [2.45, 2.75) is 6.92 Å². The molecule has 0 bridgehead atoms. The summed E-state index contributed by atoms with van der Waals surface area (Å²) in [6.45, 7) is 2.12. The minimum atomic E-state index is 0.144. The van der Waals surface area contributed by atoms with Gasteiger partial charge in [0.1, 0.15) is 5.58 Å². The number of aromatic nitrogens is 1. The molecule has 5 rings (SSSR count). The third-order valence-corrected chi connectivity index (χ3v) is 4.55. The lowest BCUT2D eigenvalue weighted by Crippen LogP contribution is -1.96. The Morgan fingerprint density at radius 2 is 1.87 bits per heavy atom. The molecule has 0 aliphatic heterocycles. The normalized spacial score (nSPS) is 12.1. The maximum absolute atomic E-state index is 7.78. The van der Waals surface area contributed by atoms with Crippen LogP contribution in [-0.2, 0) is 7.05 Å². The van der Waals surface area contributed by atoms with Gasteiger partial charge in [0.25, 0.3) is 0 Å². The smallest absolute Gasteiger partial charge is 0.212 e. The second-order valence-electron chi connectivity index (χ2n) is 6.02. The van der Waals surface area contributed by atoms with Gasteiger partial charge in [-0.25, -0.2) is 0 Å². The van der Waals surface area contributed by atoms with E-state index in [4.69, 9.17) is 14.2 Å². The van der Waals surface area contributed by atoms with Crippen LogP contribution in [0.1, 0.15) is 5.56 Å². The SMILES string of the molecule is Cc1ccc2cccc3oc4c5cc(=N)oc5cn(C)c4c1c23. The van der Waals surface area contributed by atoms with E-state index >= 15 is 0 Å². The molecule has 0 aliphatic carbocycles. The van der Waals surface area contributed by atoms with Gasteiger partial charge in [-0.3, -0.25) is 5.41 Å². The van der Waals surface area contributed by atoms with E-state index in [9.17, 15) is 0 Å². The Morgan fingerprint density at radius 1 is 1.00 bits per heavy atom. The minimum absolute atomic E-state index is 0.144. The highest BCUT2D eigenvalue weighted by atomic mass is 16.3. The summed E-state index contributed by atoms with van der Waals surface area (Å²) >= 11 is 0. The first kappa shape index (κ1) is 12.5. The van der Waals surface area contributed by atoms with E-state index < -0.39 is 0 Å². The van der Waals surface area contributed by atoms with Crippen LogP contribution < -0.4 is 5.55 Å². The summed E-state index contributed by atoms with van der Waals surface area (Å²) in [5.41, 5.74) is 4.67. The van der Waals surface area contributed by atoms with Crippen molar-refractivity contribution in [3.63, 3.8) is 0 Å². The molecule has 0 spiro atoms. The first-order chi connectivity index (χ1) is 11.1. The van der Waals surface area contributed by atoms with Crippen molar-refractivity contribution in [1.29, 1.82) is 5.41 Å². The number of hydrogen-bond donors (Lipinski definition) is 1. The van der Waals surface area contributed by atoms with Gasteiger partial charge in [0.05, 0.1) is 10.9 Å². The first-order valence-corrected chi connectivity index (χ1v) is 7.52. The predicted molar refractivity (Wildman–Crippen MR) is 90.6 cm³/mol. The summed E-state index contributed by atoms with van der Waals surface area (Å²) in [4.78, 5) is 0. The van der Waals surface area contributed by atoms with Gasteiger partial charge in [-0.05, 0) is 23.9 Å². The Balaban J connectivity index is 2.24. The van der Waals surface area contributed by atoms with Crippen molar-refractivity contribution in [3.05, 3.63) is 53.7 Å². The second kappa shape index (κ2) is 4.04. The summed E-state index contributed by atoms with van der Waals surface area (Å²) in [7, 11) is 1.99. The summed E-state index contributed by atoms with van der Waals surface area (Å²) < 4.78 is 13.7. The summed E-state index contributed by atoms with van der Waals surface area (Å²) in [6, 6.07) is 12.1. The molecule has 1 N–H and O–H groups in total. The standard InChI is InChI=1S/C19H14N2O2/c1-10-6-7-11-4-3-5-13-17(11)16(10)18-19(23-13)12-8-15(20)22-14(12)9-21(18)2/h3-9,20H,1-2H3. The first-order valence-electron chi connectivity index (χ1n) is 7.52. The molecular weight excluding hydrogens is 288 g/mol. The molecule has 0 unspecified atom stereocenters. The Morgan fingerprint density at radius 3 is 2.74 bits per heavy atom.